The van der Waals surface area contributed by atoms with Crippen LogP contribution < -0.4 is 5.32 Å². The fourth-order valence-corrected chi connectivity index (χ4v) is 2.40. The fourth-order valence-electron chi connectivity index (χ4n) is 2.40. The summed E-state index contributed by atoms with van der Waals surface area (Å²) in [6.45, 7) is 8.70. The topological polar surface area (TPSA) is 80.7 Å². The highest BCUT2D eigenvalue weighted by Crippen LogP contribution is 2.38. The third kappa shape index (κ3) is 4.23. The van der Waals surface area contributed by atoms with Crippen LogP contribution in [-0.2, 0) is 20.5 Å². The lowest BCUT2D eigenvalue weighted by Gasteiger charge is -2.32. The molecule has 2 N–H and O–H groups in total. The molecule has 1 saturated heterocycles. The molecule has 2 heterocycles. The molecule has 6 nitrogen and oxygen atoms in total. The first-order valence-electron chi connectivity index (χ1n) is 8.02. The first kappa shape index (κ1) is 18.6. The Bertz CT molecular complexity index is 610. The van der Waals surface area contributed by atoms with Crippen molar-refractivity contribution in [3.8, 4) is 0 Å². The van der Waals surface area contributed by atoms with Gasteiger partial charge in [-0.3, -0.25) is 9.78 Å². The normalized spacial score (nSPS) is 19.5. The Balaban J connectivity index is 2.21. The number of rotatable bonds is 6. The molecule has 0 amide bonds. The first-order valence-corrected chi connectivity index (χ1v) is 8.02. The summed E-state index contributed by atoms with van der Waals surface area (Å²) in [6.07, 6.45) is 3.56. The largest absolute Gasteiger partial charge is 0.491 e. The summed E-state index contributed by atoms with van der Waals surface area (Å²) < 4.78 is 12.2. The second-order valence-corrected chi connectivity index (χ2v) is 6.99. The van der Waals surface area contributed by atoms with Gasteiger partial charge in [-0.05, 0) is 51.8 Å². The van der Waals surface area contributed by atoms with Crippen LogP contribution in [-0.4, -0.2) is 48.0 Å². The Labute approximate surface area is 143 Å². The van der Waals surface area contributed by atoms with Gasteiger partial charge in [0, 0.05) is 12.7 Å². The molecule has 0 unspecified atom stereocenters. The number of carbonyl (C=O) groups is 1. The molecule has 2 rings (SSSR count). The van der Waals surface area contributed by atoms with Crippen molar-refractivity contribution < 1.29 is 19.2 Å². The molecule has 0 atom stereocenters. The Morgan fingerprint density at radius 2 is 1.92 bits per heavy atom. The molecular weight excluding hydrogens is 307 g/mol. The van der Waals surface area contributed by atoms with Gasteiger partial charge in [-0.2, -0.15) is 0 Å². The van der Waals surface area contributed by atoms with Crippen LogP contribution in [0.5, 0.6) is 0 Å². The molecule has 0 saturated carbocycles. The Kier molecular flexibility index (Phi) is 5.47. The van der Waals surface area contributed by atoms with Gasteiger partial charge in [0.05, 0.1) is 23.3 Å². The van der Waals surface area contributed by atoms with Crippen molar-refractivity contribution in [3.05, 3.63) is 35.1 Å². The molecule has 0 radical (unpaired) electrons. The number of hydrogen-bond acceptors (Lipinski definition) is 5. The molecule has 1 aliphatic heterocycles. The van der Waals surface area contributed by atoms with E-state index in [0.29, 0.717) is 12.2 Å². The van der Waals surface area contributed by atoms with Gasteiger partial charge in [-0.15, -0.1) is 0 Å². The van der Waals surface area contributed by atoms with E-state index in [9.17, 15) is 4.79 Å². The van der Waals surface area contributed by atoms with Crippen LogP contribution in [0.15, 0.2) is 23.8 Å². The van der Waals surface area contributed by atoms with Crippen molar-refractivity contribution in [1.82, 2.24) is 10.3 Å². The number of nitrogens with zero attached hydrogens (tertiary/aromatic N) is 1. The highest BCUT2D eigenvalue weighted by Gasteiger charge is 2.52. The zero-order valence-electron chi connectivity index (χ0n) is 14.9. The summed E-state index contributed by atoms with van der Waals surface area (Å²) in [5.41, 5.74) is 1.58. The highest BCUT2D eigenvalue weighted by molar-refractivity contribution is 6.55. The summed E-state index contributed by atoms with van der Waals surface area (Å²) in [7, 11) is 1.44. The van der Waals surface area contributed by atoms with Gasteiger partial charge in [-0.25, -0.2) is 0 Å². The van der Waals surface area contributed by atoms with Gasteiger partial charge in [0.2, 0.25) is 0 Å². The van der Waals surface area contributed by atoms with E-state index >= 15 is 0 Å². The minimum Gasteiger partial charge on any atom is -0.481 e. The molecule has 130 valence electrons. The molecule has 1 aromatic heterocycles. The Morgan fingerprint density at radius 3 is 2.38 bits per heavy atom. The summed E-state index contributed by atoms with van der Waals surface area (Å²) in [5.74, 6) is -0.890. The van der Waals surface area contributed by atoms with E-state index in [1.165, 1.54) is 0 Å². The van der Waals surface area contributed by atoms with E-state index in [2.05, 4.69) is 10.3 Å². The number of hydrogen-bond donors (Lipinski definition) is 2. The van der Waals surface area contributed by atoms with Crippen molar-refractivity contribution >= 4 is 19.2 Å². The third-order valence-electron chi connectivity index (χ3n) is 4.47. The van der Waals surface area contributed by atoms with Crippen LogP contribution in [0, 0.1) is 0 Å². The maximum absolute atomic E-state index is 10.7. The lowest BCUT2D eigenvalue weighted by molar-refractivity contribution is -0.136. The zero-order valence-corrected chi connectivity index (χ0v) is 14.9. The summed E-state index contributed by atoms with van der Waals surface area (Å²) in [6, 6.07) is 3.58. The van der Waals surface area contributed by atoms with Gasteiger partial charge < -0.3 is 19.7 Å². The number of likely N-dealkylation sites (N-methyl/N-ethyl adjacent to an activating group) is 1. The van der Waals surface area contributed by atoms with Crippen LogP contribution >= 0.6 is 0 Å². The quantitative estimate of drug-likeness (QED) is 0.775. The van der Waals surface area contributed by atoms with Gasteiger partial charge in [0.15, 0.2) is 0 Å². The summed E-state index contributed by atoms with van der Waals surface area (Å²) in [4.78, 5) is 14.9. The van der Waals surface area contributed by atoms with E-state index in [1.807, 2.05) is 46.9 Å². The van der Waals surface area contributed by atoms with Crippen LogP contribution in [0.25, 0.3) is 6.08 Å². The molecule has 1 aromatic rings. The number of nitrogens with one attached hydrogen (secondary N) is 1. The molecule has 0 aromatic carbocycles. The van der Waals surface area contributed by atoms with Crippen molar-refractivity contribution in [2.45, 2.75) is 45.3 Å². The van der Waals surface area contributed by atoms with Crippen LogP contribution in [0.2, 0.25) is 0 Å². The van der Waals surface area contributed by atoms with E-state index in [4.69, 9.17) is 14.4 Å². The molecular formula is C17H25BN2O4. The number of carboxylic acids is 1. The minimum absolute atomic E-state index is 0.0788. The van der Waals surface area contributed by atoms with Crippen LogP contribution in [0.1, 0.15) is 39.0 Å². The predicted octanol–water partition coefficient (Wildman–Crippen LogP) is 1.94. The average molecular weight is 332 g/mol. The maximum atomic E-state index is 10.7. The SMILES string of the molecule is CNCC(=Cc1ccc(CC(=O)O)nc1)B1OC(C)(C)C(C)(C)O1. The van der Waals surface area contributed by atoms with E-state index < -0.39 is 24.3 Å². The molecule has 0 bridgehead atoms. The smallest absolute Gasteiger partial charge is 0.481 e. The average Bonchev–Trinajstić information content (AvgIpc) is 2.68. The third-order valence-corrected chi connectivity index (χ3v) is 4.47. The van der Waals surface area contributed by atoms with E-state index in [1.54, 1.807) is 12.3 Å². The lowest BCUT2D eigenvalue weighted by atomic mass is 9.77. The molecule has 24 heavy (non-hydrogen) atoms. The van der Waals surface area contributed by atoms with Gasteiger partial charge in [-0.1, -0.05) is 12.1 Å². The van der Waals surface area contributed by atoms with Crippen molar-refractivity contribution in [2.75, 3.05) is 13.6 Å². The first-order chi connectivity index (χ1) is 11.1. The van der Waals surface area contributed by atoms with Crippen LogP contribution in [0.3, 0.4) is 0 Å². The van der Waals surface area contributed by atoms with Crippen molar-refractivity contribution in [3.63, 3.8) is 0 Å². The van der Waals surface area contributed by atoms with Crippen molar-refractivity contribution in [1.29, 1.82) is 0 Å². The monoisotopic (exact) mass is 332 g/mol. The molecule has 0 spiro atoms. The van der Waals surface area contributed by atoms with Gasteiger partial charge in [0.25, 0.3) is 0 Å². The number of aliphatic carboxylic acids is 1. The zero-order chi connectivity index (χ0) is 18.0. The van der Waals surface area contributed by atoms with E-state index in [-0.39, 0.29) is 6.42 Å². The van der Waals surface area contributed by atoms with E-state index in [0.717, 1.165) is 11.0 Å². The number of pyridine rings is 1. The van der Waals surface area contributed by atoms with Gasteiger partial charge >= 0.3 is 13.1 Å². The molecule has 1 aliphatic rings. The Morgan fingerprint density at radius 1 is 1.29 bits per heavy atom. The fraction of sp³-hybridized carbons (Fsp3) is 0.529. The molecule has 7 heteroatoms. The Hall–Kier alpha value is -1.70. The second kappa shape index (κ2) is 7.05. The molecule has 0 aliphatic carbocycles. The number of carboxylic acid groups (broad SMARTS) is 1. The van der Waals surface area contributed by atoms with Crippen molar-refractivity contribution in [2.24, 2.45) is 0 Å². The minimum atomic E-state index is -0.890. The number of aromatic nitrogens is 1. The van der Waals surface area contributed by atoms with Gasteiger partial charge in [0.1, 0.15) is 0 Å². The molecule has 1 fully saturated rings. The maximum Gasteiger partial charge on any atom is 0.491 e. The second-order valence-electron chi connectivity index (χ2n) is 6.99. The highest BCUT2D eigenvalue weighted by atomic mass is 16.7. The lowest BCUT2D eigenvalue weighted by Crippen LogP contribution is -2.41. The summed E-state index contributed by atoms with van der Waals surface area (Å²) in [5, 5.41) is 11.9. The predicted molar refractivity (Wildman–Crippen MR) is 93.6 cm³/mol. The summed E-state index contributed by atoms with van der Waals surface area (Å²) >= 11 is 0. The van der Waals surface area contributed by atoms with Crippen LogP contribution in [0.4, 0.5) is 0 Å². The standard InChI is InChI=1S/C17H25BN2O4/c1-16(2)17(3,4)24-18(23-16)13(11-19-5)8-12-6-7-14(20-10-12)9-15(21)22/h6-8,10,19H,9,11H2,1-5H3,(H,21,22).